The highest BCUT2D eigenvalue weighted by Gasteiger charge is 2.21. The van der Waals surface area contributed by atoms with Crippen molar-refractivity contribution in [3.05, 3.63) is 28.6 Å². The second-order valence-corrected chi connectivity index (χ2v) is 6.77. The van der Waals surface area contributed by atoms with Crippen molar-refractivity contribution in [2.45, 2.75) is 34.2 Å². The standard InChI is InChI=1S/C16H18N2OS/c1-6-10-18-13-11(2)8-7-9-12(13)20-15(18)17-14(19)16(3,4)5/h1,7-9H,10H2,2-5H3. The van der Waals surface area contributed by atoms with E-state index in [0.717, 1.165) is 15.8 Å². The lowest BCUT2D eigenvalue weighted by Crippen LogP contribution is -2.23. The van der Waals surface area contributed by atoms with E-state index in [-0.39, 0.29) is 5.91 Å². The Hall–Kier alpha value is -1.86. The third kappa shape index (κ3) is 2.68. The molecule has 20 heavy (non-hydrogen) atoms. The van der Waals surface area contributed by atoms with Crippen molar-refractivity contribution in [1.82, 2.24) is 4.57 Å². The fraction of sp³-hybridized carbons (Fsp3) is 0.375. The second kappa shape index (κ2) is 5.26. The van der Waals surface area contributed by atoms with E-state index in [2.05, 4.69) is 10.9 Å². The summed E-state index contributed by atoms with van der Waals surface area (Å²) in [7, 11) is 0. The number of aryl methyl sites for hydroxylation is 1. The molecule has 4 heteroatoms. The Balaban J connectivity index is 2.74. The largest absolute Gasteiger partial charge is 0.304 e. The third-order valence-electron chi connectivity index (χ3n) is 2.99. The van der Waals surface area contributed by atoms with Crippen molar-refractivity contribution in [3.8, 4) is 12.3 Å². The Kier molecular flexibility index (Phi) is 3.82. The van der Waals surface area contributed by atoms with Gasteiger partial charge in [-0.25, -0.2) is 0 Å². The van der Waals surface area contributed by atoms with E-state index in [1.165, 1.54) is 11.3 Å². The van der Waals surface area contributed by atoms with Crippen LogP contribution in [0.15, 0.2) is 23.2 Å². The average molecular weight is 286 g/mol. The van der Waals surface area contributed by atoms with Gasteiger partial charge in [0.2, 0.25) is 0 Å². The molecule has 0 saturated heterocycles. The summed E-state index contributed by atoms with van der Waals surface area (Å²) in [6, 6.07) is 6.07. The lowest BCUT2D eigenvalue weighted by atomic mass is 9.96. The Morgan fingerprint density at radius 3 is 2.75 bits per heavy atom. The number of terminal acetylenes is 1. The Morgan fingerprint density at radius 2 is 2.15 bits per heavy atom. The average Bonchev–Trinajstić information content (AvgIpc) is 2.68. The maximum absolute atomic E-state index is 12.1. The quantitative estimate of drug-likeness (QED) is 0.742. The van der Waals surface area contributed by atoms with Gasteiger partial charge in [0.25, 0.3) is 5.91 Å². The van der Waals surface area contributed by atoms with E-state index in [0.29, 0.717) is 11.3 Å². The predicted octanol–water partition coefficient (Wildman–Crippen LogP) is 3.12. The predicted molar refractivity (Wildman–Crippen MR) is 83.4 cm³/mol. The fourth-order valence-electron chi connectivity index (χ4n) is 1.89. The number of para-hydroxylation sites is 1. The molecule has 0 radical (unpaired) electrons. The van der Waals surface area contributed by atoms with Gasteiger partial charge in [0.1, 0.15) is 0 Å². The van der Waals surface area contributed by atoms with Crippen LogP contribution in [0.1, 0.15) is 26.3 Å². The molecule has 1 heterocycles. The van der Waals surface area contributed by atoms with Crippen molar-refractivity contribution in [3.63, 3.8) is 0 Å². The van der Waals surface area contributed by atoms with E-state index in [4.69, 9.17) is 6.42 Å². The molecule has 1 aromatic heterocycles. The van der Waals surface area contributed by atoms with Crippen molar-refractivity contribution < 1.29 is 4.79 Å². The maximum atomic E-state index is 12.1. The minimum Gasteiger partial charge on any atom is -0.304 e. The van der Waals surface area contributed by atoms with Crippen molar-refractivity contribution in [2.75, 3.05) is 0 Å². The summed E-state index contributed by atoms with van der Waals surface area (Å²) in [4.78, 5) is 17.1. The maximum Gasteiger partial charge on any atom is 0.253 e. The van der Waals surface area contributed by atoms with Crippen LogP contribution in [-0.2, 0) is 11.3 Å². The molecule has 104 valence electrons. The van der Waals surface area contributed by atoms with Gasteiger partial charge in [0.15, 0.2) is 4.80 Å². The van der Waals surface area contributed by atoms with Crippen LogP contribution in [0.25, 0.3) is 10.2 Å². The van der Waals surface area contributed by atoms with E-state index in [9.17, 15) is 4.79 Å². The Morgan fingerprint density at radius 1 is 1.45 bits per heavy atom. The highest BCUT2D eigenvalue weighted by Crippen LogP contribution is 2.21. The molecular weight excluding hydrogens is 268 g/mol. The molecule has 0 bridgehead atoms. The molecule has 0 unspecified atom stereocenters. The number of aromatic nitrogens is 1. The molecule has 0 N–H and O–H groups in total. The first-order valence-corrected chi connectivity index (χ1v) is 7.28. The first kappa shape index (κ1) is 14.5. The van der Waals surface area contributed by atoms with Gasteiger partial charge in [0.05, 0.1) is 16.8 Å². The summed E-state index contributed by atoms with van der Waals surface area (Å²) < 4.78 is 3.04. The summed E-state index contributed by atoms with van der Waals surface area (Å²) >= 11 is 1.50. The monoisotopic (exact) mass is 286 g/mol. The number of thiazole rings is 1. The first-order chi connectivity index (χ1) is 9.34. The molecule has 2 rings (SSSR count). The Labute approximate surface area is 123 Å². The fourth-order valence-corrected chi connectivity index (χ4v) is 2.99. The molecule has 2 aromatic rings. The van der Waals surface area contributed by atoms with Crippen LogP contribution in [-0.4, -0.2) is 10.5 Å². The van der Waals surface area contributed by atoms with Gasteiger partial charge in [-0.15, -0.1) is 6.42 Å². The van der Waals surface area contributed by atoms with Gasteiger partial charge in [-0.2, -0.15) is 4.99 Å². The molecule has 1 amide bonds. The number of amides is 1. The molecule has 0 spiro atoms. The van der Waals surface area contributed by atoms with Gasteiger partial charge >= 0.3 is 0 Å². The summed E-state index contributed by atoms with van der Waals surface area (Å²) in [5.74, 6) is 2.51. The second-order valence-electron chi connectivity index (χ2n) is 5.76. The van der Waals surface area contributed by atoms with Gasteiger partial charge in [-0.1, -0.05) is 50.2 Å². The molecule has 0 aliphatic carbocycles. The van der Waals surface area contributed by atoms with Gasteiger partial charge < -0.3 is 4.57 Å². The van der Waals surface area contributed by atoms with Gasteiger partial charge in [0, 0.05) is 5.41 Å². The van der Waals surface area contributed by atoms with Crippen molar-refractivity contribution in [1.29, 1.82) is 0 Å². The summed E-state index contributed by atoms with van der Waals surface area (Å²) in [5.41, 5.74) is 1.72. The van der Waals surface area contributed by atoms with Crippen LogP contribution in [0.3, 0.4) is 0 Å². The van der Waals surface area contributed by atoms with Crippen LogP contribution in [0.5, 0.6) is 0 Å². The Bertz CT molecular complexity index is 766. The minimum absolute atomic E-state index is 0.132. The van der Waals surface area contributed by atoms with Crippen molar-refractivity contribution in [2.24, 2.45) is 10.4 Å². The van der Waals surface area contributed by atoms with Gasteiger partial charge in [-0.3, -0.25) is 4.79 Å². The van der Waals surface area contributed by atoms with E-state index < -0.39 is 5.41 Å². The number of carbonyl (C=O) groups excluding carboxylic acids is 1. The zero-order valence-electron chi connectivity index (χ0n) is 12.2. The topological polar surface area (TPSA) is 34.4 Å². The van der Waals surface area contributed by atoms with E-state index in [1.54, 1.807) is 0 Å². The highest BCUT2D eigenvalue weighted by molar-refractivity contribution is 7.16. The molecule has 3 nitrogen and oxygen atoms in total. The molecular formula is C16H18N2OS. The summed E-state index contributed by atoms with van der Waals surface area (Å²) in [6.07, 6.45) is 5.45. The van der Waals surface area contributed by atoms with Crippen LogP contribution in [0, 0.1) is 24.7 Å². The molecule has 0 fully saturated rings. The van der Waals surface area contributed by atoms with E-state index >= 15 is 0 Å². The third-order valence-corrected chi connectivity index (χ3v) is 4.03. The van der Waals surface area contributed by atoms with Crippen molar-refractivity contribution >= 4 is 27.5 Å². The van der Waals surface area contributed by atoms with E-state index in [1.807, 2.05) is 50.5 Å². The lowest BCUT2D eigenvalue weighted by molar-refractivity contribution is -0.125. The number of benzene rings is 1. The number of rotatable bonds is 1. The number of hydrogen-bond donors (Lipinski definition) is 0. The molecule has 0 atom stereocenters. The van der Waals surface area contributed by atoms with Crippen LogP contribution < -0.4 is 4.80 Å². The molecule has 0 saturated carbocycles. The number of fused-ring (bicyclic) bond motifs is 1. The minimum atomic E-state index is -0.487. The molecule has 0 aliphatic rings. The van der Waals surface area contributed by atoms with Crippen LogP contribution >= 0.6 is 11.3 Å². The van der Waals surface area contributed by atoms with Gasteiger partial charge in [-0.05, 0) is 18.6 Å². The van der Waals surface area contributed by atoms with Crippen LogP contribution in [0.4, 0.5) is 0 Å². The normalized spacial score (nSPS) is 12.7. The number of carbonyl (C=O) groups is 1. The number of nitrogens with zero attached hydrogens (tertiary/aromatic N) is 2. The molecule has 1 aromatic carbocycles. The molecule has 0 aliphatic heterocycles. The summed E-state index contributed by atoms with van der Waals surface area (Å²) in [6.45, 7) is 8.05. The summed E-state index contributed by atoms with van der Waals surface area (Å²) in [5, 5.41) is 0. The van der Waals surface area contributed by atoms with Crippen LogP contribution in [0.2, 0.25) is 0 Å². The zero-order chi connectivity index (χ0) is 14.9. The first-order valence-electron chi connectivity index (χ1n) is 6.46. The zero-order valence-corrected chi connectivity index (χ0v) is 13.0. The lowest BCUT2D eigenvalue weighted by Gasteiger charge is -2.11. The smallest absolute Gasteiger partial charge is 0.253 e. The number of hydrogen-bond acceptors (Lipinski definition) is 2. The highest BCUT2D eigenvalue weighted by atomic mass is 32.1. The SMILES string of the molecule is C#CCn1c(=NC(=O)C(C)(C)C)sc2cccc(C)c21.